The lowest BCUT2D eigenvalue weighted by atomic mass is 10.0. The molecule has 2 aliphatic rings. The molecular weight excluding hydrogens is 1050 g/mol. The van der Waals surface area contributed by atoms with E-state index in [9.17, 15) is 46.8 Å². The van der Waals surface area contributed by atoms with E-state index < -0.39 is 24.3 Å². The Kier molecular flexibility index (Phi) is 21.2. The molecule has 0 saturated carbocycles. The molecule has 0 unspecified atom stereocenters. The topological polar surface area (TPSA) is 248 Å². The average Bonchev–Trinajstić information content (AvgIpc) is 3.96. The Labute approximate surface area is 440 Å². The number of aromatic hydroxyl groups is 4. The number of ether oxygens (including phenoxy) is 2. The number of H-pyrrole nitrogens is 2. The van der Waals surface area contributed by atoms with Gasteiger partial charge >= 0.3 is 24.3 Å². The minimum Gasteiger partial charge on any atom is -0.507 e. The van der Waals surface area contributed by atoms with Gasteiger partial charge in [0.25, 0.3) is 0 Å². The van der Waals surface area contributed by atoms with Crippen LogP contribution in [0.5, 0.6) is 23.0 Å². The number of morpholine rings is 2. The average molecular weight is 1100 g/mol. The van der Waals surface area contributed by atoms with E-state index in [-0.39, 0.29) is 23.0 Å². The predicted octanol–water partition coefficient (Wildman–Crippen LogP) is 8.08. The molecule has 0 bridgehead atoms. The van der Waals surface area contributed by atoms with Gasteiger partial charge in [-0.3, -0.25) is 29.1 Å². The van der Waals surface area contributed by atoms with Crippen molar-refractivity contribution in [3.05, 3.63) is 105 Å². The molecule has 0 radical (unpaired) electrons. The Balaban J connectivity index is 0.000000225. The number of halogens is 6. The van der Waals surface area contributed by atoms with Crippen LogP contribution in [0.25, 0.3) is 34.2 Å². The molecule has 8 rings (SSSR count). The Morgan fingerprint density at radius 1 is 0.579 bits per heavy atom. The second-order valence-corrected chi connectivity index (χ2v) is 17.1. The van der Waals surface area contributed by atoms with Crippen LogP contribution in [0.2, 0.25) is 0 Å². The molecule has 4 heterocycles. The van der Waals surface area contributed by atoms with Crippen LogP contribution in [-0.2, 0) is 45.0 Å². The van der Waals surface area contributed by atoms with Gasteiger partial charge in [0.2, 0.25) is 0 Å². The van der Waals surface area contributed by atoms with Crippen LogP contribution in [0.1, 0.15) is 36.1 Å². The minimum absolute atomic E-state index is 0.00264. The van der Waals surface area contributed by atoms with Crippen LogP contribution in [-0.4, -0.2) is 147 Å². The van der Waals surface area contributed by atoms with E-state index in [4.69, 9.17) is 53.7 Å². The lowest BCUT2D eigenvalue weighted by Gasteiger charge is -2.26. The summed E-state index contributed by atoms with van der Waals surface area (Å²) in [5, 5.41) is 69.8. The number of carbonyl (C=O) groups is 2. The van der Waals surface area contributed by atoms with E-state index in [1.54, 1.807) is 35.1 Å². The zero-order chi connectivity index (χ0) is 55.7. The fraction of sp³-hybridized carbons (Fsp3) is 0.320. The molecule has 6 aromatic rings. The van der Waals surface area contributed by atoms with E-state index in [1.807, 2.05) is 24.3 Å². The second kappa shape index (κ2) is 27.2. The van der Waals surface area contributed by atoms with Crippen molar-refractivity contribution in [2.45, 2.75) is 52.1 Å². The SMILES string of the molecule is CC#CCc1cc(-c2n[nH]c(=S)n2-c2ccc(CN3CCOCC3)cc2)c(O)cc1O.CC#CCc1cc(-c2n[nH]c(=S)n2-c2ccc(CN3CCOCC3)cc2)c(O)cc1O.O=C(O)C(F)(F)F.O=C(O)C(F)(F)F. The number of rotatable bonds is 10. The summed E-state index contributed by atoms with van der Waals surface area (Å²) in [5.74, 6) is 6.76. The monoisotopic (exact) mass is 1100 g/mol. The molecule has 0 spiro atoms. The molecule has 2 fully saturated rings. The van der Waals surface area contributed by atoms with Gasteiger partial charge in [0.05, 0.1) is 37.6 Å². The Bertz CT molecular complexity index is 2980. The lowest BCUT2D eigenvalue weighted by molar-refractivity contribution is -0.193. The first-order chi connectivity index (χ1) is 36.0. The molecule has 0 amide bonds. The number of aliphatic carboxylic acids is 2. The highest BCUT2D eigenvalue weighted by molar-refractivity contribution is 7.71. The van der Waals surface area contributed by atoms with Gasteiger partial charge in [-0.25, -0.2) is 9.59 Å². The first-order valence-corrected chi connectivity index (χ1v) is 23.5. The Morgan fingerprint density at radius 3 is 1.18 bits per heavy atom. The van der Waals surface area contributed by atoms with Crippen molar-refractivity contribution in [3.63, 3.8) is 0 Å². The Morgan fingerprint density at radius 2 is 0.895 bits per heavy atom. The van der Waals surface area contributed by atoms with Crippen molar-refractivity contribution in [1.29, 1.82) is 0 Å². The van der Waals surface area contributed by atoms with Crippen LogP contribution < -0.4 is 0 Å². The van der Waals surface area contributed by atoms with Crippen molar-refractivity contribution in [1.82, 2.24) is 39.3 Å². The maximum atomic E-state index is 10.6. The van der Waals surface area contributed by atoms with E-state index >= 15 is 0 Å². The number of hydrogen-bond acceptors (Lipinski definition) is 14. The number of alkyl halides is 6. The van der Waals surface area contributed by atoms with Crippen LogP contribution in [0.15, 0.2) is 72.8 Å². The number of benzene rings is 4. The van der Waals surface area contributed by atoms with Gasteiger partial charge < -0.3 is 40.1 Å². The quantitative estimate of drug-likeness (QED) is 0.0367. The standard InChI is InChI=1S/2C23H24N4O3S.2C2HF3O2/c2*1-2-3-4-17-13-19(21(29)14-20(17)28)22-24-25-23(31)27(22)18-7-5-16(6-8-18)15-26-9-11-30-12-10-26;2*3-2(4,5)1(6)7/h2*5-8,13-14,28-29H,4,9-12,15H2,1H3,(H,25,31);2*(H,6,7). The maximum absolute atomic E-state index is 10.6. The van der Waals surface area contributed by atoms with Gasteiger partial charge in [-0.2, -0.15) is 36.5 Å². The highest BCUT2D eigenvalue weighted by atomic mass is 32.1. The second-order valence-electron chi connectivity index (χ2n) is 16.3. The van der Waals surface area contributed by atoms with Gasteiger partial charge in [-0.05, 0) is 85.8 Å². The molecule has 4 aromatic carbocycles. The zero-order valence-electron chi connectivity index (χ0n) is 40.5. The van der Waals surface area contributed by atoms with E-state index in [0.29, 0.717) is 56.3 Å². The third kappa shape index (κ3) is 16.6. The summed E-state index contributed by atoms with van der Waals surface area (Å²) in [6.07, 6.45) is -9.42. The zero-order valence-corrected chi connectivity index (χ0v) is 42.1. The van der Waals surface area contributed by atoms with Crippen molar-refractivity contribution >= 4 is 36.4 Å². The number of aromatic amines is 2. The van der Waals surface area contributed by atoms with Gasteiger partial charge in [-0.15, -0.1) is 11.8 Å². The van der Waals surface area contributed by atoms with E-state index in [2.05, 4.69) is 78.1 Å². The number of phenols is 4. The molecule has 2 aromatic heterocycles. The first-order valence-electron chi connectivity index (χ1n) is 22.7. The van der Waals surface area contributed by atoms with Crippen LogP contribution in [0, 0.1) is 33.2 Å². The van der Waals surface area contributed by atoms with Gasteiger partial charge in [0, 0.05) is 86.7 Å². The summed E-state index contributed by atoms with van der Waals surface area (Å²) in [4.78, 5) is 22.5. The van der Waals surface area contributed by atoms with Gasteiger partial charge in [-0.1, -0.05) is 36.1 Å². The highest BCUT2D eigenvalue weighted by Crippen LogP contribution is 2.37. The van der Waals surface area contributed by atoms with Crippen molar-refractivity contribution in [3.8, 4) is 80.8 Å². The van der Waals surface area contributed by atoms with Crippen LogP contribution >= 0.6 is 24.4 Å². The molecule has 0 aliphatic carbocycles. The summed E-state index contributed by atoms with van der Waals surface area (Å²) in [6, 6.07) is 22.3. The van der Waals surface area contributed by atoms with E-state index in [1.165, 1.54) is 23.3 Å². The number of nitrogens with zero attached hydrogens (tertiary/aromatic N) is 6. The van der Waals surface area contributed by atoms with Crippen molar-refractivity contribution in [2.24, 2.45) is 0 Å². The summed E-state index contributed by atoms with van der Waals surface area (Å²) in [5.41, 5.74) is 6.24. The van der Waals surface area contributed by atoms with Crippen molar-refractivity contribution < 1.29 is 76.0 Å². The molecule has 76 heavy (non-hydrogen) atoms. The third-order valence-corrected chi connectivity index (χ3v) is 11.6. The minimum atomic E-state index is -5.08. The summed E-state index contributed by atoms with van der Waals surface area (Å²) in [7, 11) is 0. The molecular formula is C50H50F6N8O10S2. The highest BCUT2D eigenvalue weighted by Gasteiger charge is 2.39. The first kappa shape index (κ1) is 59.2. The summed E-state index contributed by atoms with van der Waals surface area (Å²) >= 11 is 10.9. The van der Waals surface area contributed by atoms with Gasteiger partial charge in [0.1, 0.15) is 23.0 Å². The van der Waals surface area contributed by atoms with Crippen LogP contribution in [0.4, 0.5) is 26.3 Å². The normalized spacial score (nSPS) is 13.7. The van der Waals surface area contributed by atoms with Crippen molar-refractivity contribution in [2.75, 3.05) is 52.6 Å². The molecule has 2 aliphatic heterocycles. The Hall–Kier alpha value is -7.72. The number of phenolic OH excluding ortho intramolecular Hbond substituents is 4. The molecule has 404 valence electrons. The molecule has 0 atom stereocenters. The number of nitrogens with one attached hydrogen (secondary N) is 2. The van der Waals surface area contributed by atoms with E-state index in [0.717, 1.165) is 77.1 Å². The number of carboxylic acids is 2. The molecule has 26 heteroatoms. The molecule has 2 saturated heterocycles. The lowest BCUT2D eigenvalue weighted by Crippen LogP contribution is -2.35. The largest absolute Gasteiger partial charge is 0.507 e. The fourth-order valence-corrected chi connectivity index (χ4v) is 7.70. The summed E-state index contributed by atoms with van der Waals surface area (Å²) in [6.45, 7) is 12.0. The fourth-order valence-electron chi connectivity index (χ4n) is 7.22. The van der Waals surface area contributed by atoms with Crippen LogP contribution in [0.3, 0.4) is 0 Å². The number of carboxylic acid groups (broad SMARTS) is 2. The molecule has 18 nitrogen and oxygen atoms in total. The number of aromatic nitrogens is 6. The smallest absolute Gasteiger partial charge is 0.490 e. The summed E-state index contributed by atoms with van der Waals surface area (Å²) < 4.78 is 78.7. The number of hydrogen-bond donors (Lipinski definition) is 8. The van der Waals surface area contributed by atoms with Gasteiger partial charge in [0.15, 0.2) is 21.2 Å². The maximum Gasteiger partial charge on any atom is 0.490 e. The molecule has 8 N–H and O–H groups in total. The predicted molar refractivity (Wildman–Crippen MR) is 269 cm³/mol. The third-order valence-electron chi connectivity index (χ3n) is 11.0.